The van der Waals surface area contributed by atoms with Crippen LogP contribution in [0.2, 0.25) is 0 Å². The van der Waals surface area contributed by atoms with Crippen molar-refractivity contribution in [2.45, 2.75) is 38.1 Å². The largest absolute Gasteiger partial charge is 0.481 e. The minimum Gasteiger partial charge on any atom is -0.481 e. The standard InChI is InChI=1S/C14H21NO5S/c16-12(17)7-9-8-21(19,20)6-5-15(9)14(18)13-10-3-1-2-4-11(10)13/h9-11,13H,1-8H2,(H,16,17). The van der Waals surface area contributed by atoms with Gasteiger partial charge in [-0.2, -0.15) is 0 Å². The topological polar surface area (TPSA) is 91.8 Å². The summed E-state index contributed by atoms with van der Waals surface area (Å²) in [4.78, 5) is 25.2. The minimum atomic E-state index is -3.23. The first-order chi connectivity index (χ1) is 9.89. The first kappa shape index (κ1) is 14.8. The summed E-state index contributed by atoms with van der Waals surface area (Å²) in [5.74, 6) is -0.393. The molecule has 1 saturated heterocycles. The average molecular weight is 315 g/mol. The number of hydrogen-bond donors (Lipinski definition) is 1. The van der Waals surface area contributed by atoms with Crippen LogP contribution in [0.3, 0.4) is 0 Å². The summed E-state index contributed by atoms with van der Waals surface area (Å²) >= 11 is 0. The lowest BCUT2D eigenvalue weighted by atomic mass is 10.0. The number of carboxylic acid groups (broad SMARTS) is 1. The molecule has 3 atom stereocenters. The smallest absolute Gasteiger partial charge is 0.305 e. The molecule has 3 rings (SSSR count). The Morgan fingerprint density at radius 1 is 1.14 bits per heavy atom. The molecule has 3 unspecified atom stereocenters. The number of carboxylic acids is 1. The molecule has 6 nitrogen and oxygen atoms in total. The van der Waals surface area contributed by atoms with E-state index in [0.29, 0.717) is 11.8 Å². The van der Waals surface area contributed by atoms with E-state index in [1.807, 2.05) is 0 Å². The van der Waals surface area contributed by atoms with Crippen LogP contribution < -0.4 is 0 Å². The van der Waals surface area contributed by atoms with Crippen molar-refractivity contribution in [1.82, 2.24) is 4.90 Å². The molecule has 1 N–H and O–H groups in total. The van der Waals surface area contributed by atoms with Crippen LogP contribution in [-0.4, -0.2) is 54.4 Å². The van der Waals surface area contributed by atoms with E-state index in [1.165, 1.54) is 4.90 Å². The highest BCUT2D eigenvalue weighted by Gasteiger charge is 2.56. The molecule has 1 aliphatic heterocycles. The summed E-state index contributed by atoms with van der Waals surface area (Å²) < 4.78 is 23.4. The van der Waals surface area contributed by atoms with Crippen LogP contribution in [0.5, 0.6) is 0 Å². The van der Waals surface area contributed by atoms with Gasteiger partial charge >= 0.3 is 5.97 Å². The number of aliphatic carboxylic acids is 1. The van der Waals surface area contributed by atoms with Crippen molar-refractivity contribution in [1.29, 1.82) is 0 Å². The maximum Gasteiger partial charge on any atom is 0.305 e. The molecule has 7 heteroatoms. The fourth-order valence-corrected chi connectivity index (χ4v) is 5.62. The summed E-state index contributed by atoms with van der Waals surface area (Å²) in [5, 5.41) is 8.96. The molecule has 0 bridgehead atoms. The van der Waals surface area contributed by atoms with Crippen LogP contribution in [0.1, 0.15) is 32.1 Å². The molecular weight excluding hydrogens is 294 g/mol. The van der Waals surface area contributed by atoms with E-state index >= 15 is 0 Å². The second-order valence-corrected chi connectivity index (χ2v) is 8.76. The van der Waals surface area contributed by atoms with Gasteiger partial charge in [-0.05, 0) is 24.7 Å². The number of fused-ring (bicyclic) bond motifs is 1. The van der Waals surface area contributed by atoms with Crippen LogP contribution in [0.4, 0.5) is 0 Å². The van der Waals surface area contributed by atoms with Crippen molar-refractivity contribution in [3.63, 3.8) is 0 Å². The predicted octanol–water partition coefficient (Wildman–Crippen LogP) is 0.523. The van der Waals surface area contributed by atoms with Gasteiger partial charge in [0, 0.05) is 12.5 Å². The number of carbonyl (C=O) groups is 2. The Labute approximate surface area is 124 Å². The highest BCUT2D eigenvalue weighted by molar-refractivity contribution is 7.91. The molecule has 1 heterocycles. The summed E-state index contributed by atoms with van der Waals surface area (Å²) in [5.41, 5.74) is 0. The molecule has 2 aliphatic carbocycles. The third-order valence-electron chi connectivity index (χ3n) is 5.17. The van der Waals surface area contributed by atoms with E-state index in [1.54, 1.807) is 0 Å². The Hall–Kier alpha value is -1.11. The van der Waals surface area contributed by atoms with E-state index in [0.717, 1.165) is 25.7 Å². The van der Waals surface area contributed by atoms with Crippen molar-refractivity contribution < 1.29 is 23.1 Å². The van der Waals surface area contributed by atoms with Crippen LogP contribution >= 0.6 is 0 Å². The Morgan fingerprint density at radius 2 is 1.76 bits per heavy atom. The van der Waals surface area contributed by atoms with E-state index in [-0.39, 0.29) is 36.3 Å². The monoisotopic (exact) mass is 315 g/mol. The normalized spacial score (nSPS) is 37.6. The second kappa shape index (κ2) is 5.26. The van der Waals surface area contributed by atoms with Gasteiger partial charge in [0.15, 0.2) is 9.84 Å². The lowest BCUT2D eigenvalue weighted by molar-refractivity contribution is -0.141. The van der Waals surface area contributed by atoms with Crippen molar-refractivity contribution in [2.24, 2.45) is 17.8 Å². The summed E-state index contributed by atoms with van der Waals surface area (Å²) in [6.45, 7) is 0.148. The van der Waals surface area contributed by atoms with Gasteiger partial charge in [0.25, 0.3) is 0 Å². The highest BCUT2D eigenvalue weighted by atomic mass is 32.2. The van der Waals surface area contributed by atoms with Gasteiger partial charge in [0.05, 0.1) is 24.0 Å². The fourth-order valence-electron chi connectivity index (χ4n) is 4.10. The number of nitrogens with zero attached hydrogens (tertiary/aromatic N) is 1. The zero-order valence-corrected chi connectivity index (χ0v) is 12.7. The molecule has 1 amide bonds. The Morgan fingerprint density at radius 3 is 2.33 bits per heavy atom. The Bertz CT molecular complexity index is 546. The lowest BCUT2D eigenvalue weighted by Crippen LogP contribution is -2.52. The van der Waals surface area contributed by atoms with Crippen LogP contribution in [0.15, 0.2) is 0 Å². The first-order valence-corrected chi connectivity index (χ1v) is 9.44. The predicted molar refractivity (Wildman–Crippen MR) is 75.3 cm³/mol. The molecular formula is C14H21NO5S. The Balaban J connectivity index is 1.73. The molecule has 2 saturated carbocycles. The van der Waals surface area contributed by atoms with Crippen molar-refractivity contribution in [3.05, 3.63) is 0 Å². The fraction of sp³-hybridized carbons (Fsp3) is 0.857. The van der Waals surface area contributed by atoms with Crippen molar-refractivity contribution in [3.8, 4) is 0 Å². The lowest BCUT2D eigenvalue weighted by Gasteiger charge is -2.35. The van der Waals surface area contributed by atoms with Gasteiger partial charge in [0.2, 0.25) is 5.91 Å². The zero-order chi connectivity index (χ0) is 15.2. The van der Waals surface area contributed by atoms with E-state index in [4.69, 9.17) is 5.11 Å². The average Bonchev–Trinajstić information content (AvgIpc) is 3.10. The number of sulfone groups is 1. The summed E-state index contributed by atoms with van der Waals surface area (Å²) in [6.07, 6.45) is 4.20. The number of carbonyl (C=O) groups excluding carboxylic acids is 1. The van der Waals surface area contributed by atoms with Crippen molar-refractivity contribution in [2.75, 3.05) is 18.1 Å². The molecule has 118 valence electrons. The highest BCUT2D eigenvalue weighted by Crippen LogP contribution is 2.56. The van der Waals surface area contributed by atoms with Crippen LogP contribution in [0, 0.1) is 17.8 Å². The third-order valence-corrected chi connectivity index (χ3v) is 6.86. The Kier molecular flexibility index (Phi) is 3.71. The molecule has 3 fully saturated rings. The van der Waals surface area contributed by atoms with Gasteiger partial charge in [0.1, 0.15) is 0 Å². The summed E-state index contributed by atoms with van der Waals surface area (Å²) in [6, 6.07) is -0.698. The SMILES string of the molecule is O=C(O)CC1CS(=O)(=O)CCN1C(=O)C1C2CCCCC21. The van der Waals surface area contributed by atoms with Crippen LogP contribution in [0.25, 0.3) is 0 Å². The second-order valence-electron chi connectivity index (χ2n) is 6.54. The zero-order valence-electron chi connectivity index (χ0n) is 11.9. The number of rotatable bonds is 3. The van der Waals surface area contributed by atoms with E-state index in [2.05, 4.69) is 0 Å². The van der Waals surface area contributed by atoms with Crippen molar-refractivity contribution >= 4 is 21.7 Å². The van der Waals surface area contributed by atoms with Gasteiger partial charge in [-0.25, -0.2) is 8.42 Å². The maximum atomic E-state index is 12.7. The number of hydrogen-bond acceptors (Lipinski definition) is 4. The van der Waals surface area contributed by atoms with Gasteiger partial charge < -0.3 is 10.0 Å². The molecule has 0 aromatic rings. The van der Waals surface area contributed by atoms with Crippen LogP contribution in [-0.2, 0) is 19.4 Å². The number of amides is 1. The molecule has 3 aliphatic rings. The van der Waals surface area contributed by atoms with E-state index < -0.39 is 21.8 Å². The first-order valence-electron chi connectivity index (χ1n) is 7.62. The van der Waals surface area contributed by atoms with Gasteiger partial charge in [-0.1, -0.05) is 12.8 Å². The summed E-state index contributed by atoms with van der Waals surface area (Å²) in [7, 11) is -3.23. The van der Waals surface area contributed by atoms with Gasteiger partial charge in [-0.3, -0.25) is 9.59 Å². The molecule has 0 aromatic heterocycles. The van der Waals surface area contributed by atoms with E-state index in [9.17, 15) is 18.0 Å². The molecule has 21 heavy (non-hydrogen) atoms. The molecule has 0 aromatic carbocycles. The quantitative estimate of drug-likeness (QED) is 0.820. The molecule has 0 spiro atoms. The third kappa shape index (κ3) is 2.93. The minimum absolute atomic E-state index is 0.00644. The maximum absolute atomic E-state index is 12.7. The van der Waals surface area contributed by atoms with Gasteiger partial charge in [-0.15, -0.1) is 0 Å². The molecule has 0 radical (unpaired) electrons.